The predicted octanol–water partition coefficient (Wildman–Crippen LogP) is 2.05. The van der Waals surface area contributed by atoms with E-state index in [-0.39, 0.29) is 31.1 Å². The fraction of sp³-hybridized carbons (Fsp3) is 0.680. The van der Waals surface area contributed by atoms with Gasteiger partial charge in [0.25, 0.3) is 0 Å². The normalized spacial score (nSPS) is 43.2. The maximum Gasteiger partial charge on any atom is 0.339 e. The minimum Gasteiger partial charge on any atom is -0.466 e. The van der Waals surface area contributed by atoms with Crippen LogP contribution >= 0.6 is 0 Å². The smallest absolute Gasteiger partial charge is 0.339 e. The van der Waals surface area contributed by atoms with Crippen LogP contribution in [0.3, 0.4) is 0 Å². The van der Waals surface area contributed by atoms with Crippen molar-refractivity contribution in [3.8, 4) is 0 Å². The van der Waals surface area contributed by atoms with E-state index in [4.69, 9.17) is 18.9 Å². The summed E-state index contributed by atoms with van der Waals surface area (Å²) in [6.07, 6.45) is 2.89. The summed E-state index contributed by atoms with van der Waals surface area (Å²) in [5.74, 6) is -4.56. The SMILES string of the molecule is C=C(C)[C@@H]1C[C@@]2(OCC)O[C@]3(C=C2C(=O)OCC)C1C=C(C(=O)OC)C1C3[C@@](C)(O)C[C@H]1O. The Kier molecular flexibility index (Phi) is 5.88. The molecule has 2 aliphatic heterocycles. The summed E-state index contributed by atoms with van der Waals surface area (Å²) in [7, 11) is 1.30. The molecule has 0 aromatic carbocycles. The third-order valence-electron chi connectivity index (χ3n) is 7.76. The Morgan fingerprint density at radius 1 is 1.24 bits per heavy atom. The average molecular weight is 463 g/mol. The molecule has 33 heavy (non-hydrogen) atoms. The molecular formula is C25H34O8. The van der Waals surface area contributed by atoms with Crippen LogP contribution in [0.2, 0.25) is 0 Å². The highest BCUT2D eigenvalue weighted by molar-refractivity contribution is 5.92. The lowest BCUT2D eigenvalue weighted by molar-refractivity contribution is -0.307. The highest BCUT2D eigenvalue weighted by Gasteiger charge is 2.73. The summed E-state index contributed by atoms with van der Waals surface area (Å²) in [6, 6.07) is 0. The van der Waals surface area contributed by atoms with Crippen LogP contribution in [0.4, 0.5) is 0 Å². The van der Waals surface area contributed by atoms with E-state index in [2.05, 4.69) is 6.58 Å². The molecule has 8 heteroatoms. The molecule has 2 heterocycles. The Hall–Kier alpha value is -2.00. The molecule has 2 bridgehead atoms. The number of fused-ring (bicyclic) bond motifs is 2. The fourth-order valence-corrected chi connectivity index (χ4v) is 6.73. The molecule has 2 aliphatic carbocycles. The topological polar surface area (TPSA) is 112 Å². The Bertz CT molecular complexity index is 933. The largest absolute Gasteiger partial charge is 0.466 e. The number of methoxy groups -OCH3 is 1. The van der Waals surface area contributed by atoms with Gasteiger partial charge in [-0.2, -0.15) is 0 Å². The van der Waals surface area contributed by atoms with Crippen LogP contribution in [0.5, 0.6) is 0 Å². The summed E-state index contributed by atoms with van der Waals surface area (Å²) < 4.78 is 23.2. The molecule has 0 aromatic rings. The highest BCUT2D eigenvalue weighted by atomic mass is 16.7. The molecule has 182 valence electrons. The van der Waals surface area contributed by atoms with Crippen molar-refractivity contribution in [2.75, 3.05) is 20.3 Å². The number of ether oxygens (including phenoxy) is 4. The van der Waals surface area contributed by atoms with E-state index >= 15 is 0 Å². The average Bonchev–Trinajstić information content (AvgIpc) is 3.15. The molecule has 2 fully saturated rings. The molecular weight excluding hydrogens is 428 g/mol. The van der Waals surface area contributed by atoms with Gasteiger partial charge in [0.15, 0.2) is 0 Å². The lowest BCUT2D eigenvalue weighted by Gasteiger charge is -2.56. The van der Waals surface area contributed by atoms with Crippen LogP contribution in [0.15, 0.2) is 35.5 Å². The Morgan fingerprint density at radius 3 is 2.52 bits per heavy atom. The molecule has 8 nitrogen and oxygen atoms in total. The molecule has 1 saturated heterocycles. The Labute approximate surface area is 194 Å². The number of carbonyl (C=O) groups excluding carboxylic acids is 2. The molecule has 1 spiro atoms. The number of carbonyl (C=O) groups is 2. The van der Waals surface area contributed by atoms with Gasteiger partial charge >= 0.3 is 11.9 Å². The lowest BCUT2D eigenvalue weighted by Crippen LogP contribution is -2.63. The van der Waals surface area contributed by atoms with Crippen molar-refractivity contribution in [3.05, 3.63) is 35.5 Å². The first kappa shape index (κ1) is 24.1. The van der Waals surface area contributed by atoms with E-state index in [0.29, 0.717) is 12.0 Å². The quantitative estimate of drug-likeness (QED) is 0.456. The van der Waals surface area contributed by atoms with Crippen molar-refractivity contribution >= 4 is 11.9 Å². The maximum atomic E-state index is 13.1. The Balaban J connectivity index is 2.00. The second-order valence-electron chi connectivity index (χ2n) is 9.85. The van der Waals surface area contributed by atoms with E-state index in [9.17, 15) is 19.8 Å². The molecule has 4 rings (SSSR count). The number of aliphatic hydroxyl groups excluding tert-OH is 1. The molecule has 0 radical (unpaired) electrons. The van der Waals surface area contributed by atoms with Gasteiger partial charge in [0.05, 0.1) is 31.0 Å². The molecule has 0 amide bonds. The monoisotopic (exact) mass is 462 g/mol. The minimum absolute atomic E-state index is 0.0520. The van der Waals surface area contributed by atoms with E-state index in [1.54, 1.807) is 26.0 Å². The van der Waals surface area contributed by atoms with Crippen LogP contribution in [-0.4, -0.2) is 65.6 Å². The summed E-state index contributed by atoms with van der Waals surface area (Å²) in [4.78, 5) is 25.9. The standard InChI is InChI=1S/C25H34O8/c1-7-31-22(28)17-11-24-16(15(13(3)4)10-25(17,33-24)32-8-2)9-14(21(27)30-6)19-18(26)12-23(5,29)20(19)24/h9,11,15-16,18-20,26,29H,3,7-8,10,12H2,1-2,4-6H3/t15-,16?,18+,19?,20?,23-,24+,25+/m0/s1. The zero-order chi connectivity index (χ0) is 24.3. The molecule has 2 N–H and O–H groups in total. The van der Waals surface area contributed by atoms with Crippen LogP contribution in [0.25, 0.3) is 0 Å². The number of hydrogen-bond donors (Lipinski definition) is 2. The van der Waals surface area contributed by atoms with Crippen molar-refractivity contribution in [1.82, 2.24) is 0 Å². The zero-order valence-corrected chi connectivity index (χ0v) is 19.9. The summed E-state index contributed by atoms with van der Waals surface area (Å²) in [5, 5.41) is 22.5. The van der Waals surface area contributed by atoms with E-state index < -0.39 is 52.8 Å². The maximum absolute atomic E-state index is 13.1. The first-order valence-corrected chi connectivity index (χ1v) is 11.6. The van der Waals surface area contributed by atoms with Crippen molar-refractivity contribution < 1.29 is 38.7 Å². The predicted molar refractivity (Wildman–Crippen MR) is 118 cm³/mol. The molecule has 8 atom stereocenters. The number of rotatable bonds is 6. The van der Waals surface area contributed by atoms with Gasteiger partial charge in [-0.05, 0) is 39.7 Å². The van der Waals surface area contributed by atoms with Crippen molar-refractivity contribution in [2.45, 2.75) is 63.6 Å². The van der Waals surface area contributed by atoms with Crippen molar-refractivity contribution in [2.24, 2.45) is 23.7 Å². The van der Waals surface area contributed by atoms with Gasteiger partial charge in [-0.25, -0.2) is 9.59 Å². The number of esters is 2. The van der Waals surface area contributed by atoms with Gasteiger partial charge in [0.2, 0.25) is 5.79 Å². The van der Waals surface area contributed by atoms with Gasteiger partial charge in [-0.3, -0.25) is 0 Å². The first-order chi connectivity index (χ1) is 15.5. The lowest BCUT2D eigenvalue weighted by atomic mass is 9.57. The molecule has 4 aliphatic rings. The van der Waals surface area contributed by atoms with Gasteiger partial charge < -0.3 is 29.2 Å². The highest BCUT2D eigenvalue weighted by Crippen LogP contribution is 2.66. The second-order valence-corrected chi connectivity index (χ2v) is 9.85. The Morgan fingerprint density at radius 2 is 1.94 bits per heavy atom. The third kappa shape index (κ3) is 3.33. The van der Waals surface area contributed by atoms with Gasteiger partial charge in [-0.15, -0.1) is 0 Å². The van der Waals surface area contributed by atoms with Crippen molar-refractivity contribution in [3.63, 3.8) is 0 Å². The molecule has 3 unspecified atom stereocenters. The molecule has 0 aromatic heterocycles. The first-order valence-electron chi connectivity index (χ1n) is 11.6. The number of aliphatic hydroxyl groups is 2. The molecule has 1 saturated carbocycles. The van der Waals surface area contributed by atoms with E-state index in [1.165, 1.54) is 7.11 Å². The zero-order valence-electron chi connectivity index (χ0n) is 19.9. The van der Waals surface area contributed by atoms with Crippen molar-refractivity contribution in [1.29, 1.82) is 0 Å². The van der Waals surface area contributed by atoms with Crippen LogP contribution in [-0.2, 0) is 28.5 Å². The summed E-state index contributed by atoms with van der Waals surface area (Å²) in [5.41, 5.74) is -1.17. The van der Waals surface area contributed by atoms with Gasteiger partial charge in [-0.1, -0.05) is 18.2 Å². The van der Waals surface area contributed by atoms with Gasteiger partial charge in [0.1, 0.15) is 5.60 Å². The summed E-state index contributed by atoms with van der Waals surface area (Å²) >= 11 is 0. The van der Waals surface area contributed by atoms with E-state index in [1.807, 2.05) is 13.8 Å². The van der Waals surface area contributed by atoms with E-state index in [0.717, 1.165) is 5.57 Å². The van der Waals surface area contributed by atoms with Crippen LogP contribution in [0.1, 0.15) is 40.5 Å². The minimum atomic E-state index is -1.38. The second kappa shape index (κ2) is 8.05. The number of allylic oxidation sites excluding steroid dienone is 1. The van der Waals surface area contributed by atoms with Crippen LogP contribution in [0, 0.1) is 23.7 Å². The van der Waals surface area contributed by atoms with Gasteiger partial charge in [0, 0.05) is 42.8 Å². The summed E-state index contributed by atoms with van der Waals surface area (Å²) in [6.45, 7) is 11.7. The fourth-order valence-electron chi connectivity index (χ4n) is 6.73. The number of hydrogen-bond acceptors (Lipinski definition) is 8. The third-order valence-corrected chi connectivity index (χ3v) is 7.76. The van der Waals surface area contributed by atoms with Crippen LogP contribution < -0.4 is 0 Å².